The van der Waals surface area contributed by atoms with Crippen LogP contribution in [0.3, 0.4) is 0 Å². The van der Waals surface area contributed by atoms with Gasteiger partial charge in [0.05, 0.1) is 20.8 Å². The SMILES string of the molecule is c1ccc(-c2cc(Nc3cccc4sc5ccccc5c34)cc(-c3ccccc3)c2)cc1.c1ccc(-c2ccc3cc(Nc4ccc5sc6ccccc6c5c4)ccc3c2)cc1.c1ccc2c(-c3ccc(Nc4ccc5sc6ccccc6c5c4)cc3)cccc2c1.c1ccc2c(c1)sc1c(Nc3cccc4c3sc3ccccc34)cccc12. The number of hydrogen-bond acceptors (Lipinski definition) is 9. The number of anilines is 8. The van der Waals surface area contributed by atoms with E-state index in [2.05, 4.69) is 446 Å². The van der Waals surface area contributed by atoms with Crippen molar-refractivity contribution in [3.63, 3.8) is 0 Å². The molecule has 5 aromatic heterocycles. The first-order valence-electron chi connectivity index (χ1n) is 40.0. The van der Waals surface area contributed by atoms with Gasteiger partial charge in [0.1, 0.15) is 0 Å². The predicted molar refractivity (Wildman–Crippen MR) is 526 cm³/mol. The van der Waals surface area contributed by atoms with Crippen LogP contribution in [-0.2, 0) is 0 Å². The van der Waals surface area contributed by atoms with Crippen molar-refractivity contribution in [3.05, 3.63) is 425 Å². The molecule has 0 unspecified atom stereocenters. The Labute approximate surface area is 709 Å². The number of thiophene rings is 5. The third kappa shape index (κ3) is 14.8. The Balaban J connectivity index is 0.0000000985. The molecule has 19 aromatic carbocycles. The van der Waals surface area contributed by atoms with Gasteiger partial charge in [-0.2, -0.15) is 0 Å². The summed E-state index contributed by atoms with van der Waals surface area (Å²) in [4.78, 5) is 0. The molecule has 0 aliphatic heterocycles. The largest absolute Gasteiger partial charge is 0.356 e. The molecule has 24 aromatic rings. The van der Waals surface area contributed by atoms with Gasteiger partial charge >= 0.3 is 0 Å². The third-order valence-corrected chi connectivity index (χ3v) is 28.0. The van der Waals surface area contributed by atoms with Crippen LogP contribution in [0.5, 0.6) is 0 Å². The summed E-state index contributed by atoms with van der Waals surface area (Å²) in [7, 11) is 0. The minimum absolute atomic E-state index is 1.09. The summed E-state index contributed by atoms with van der Waals surface area (Å²) >= 11 is 9.26. The number of nitrogens with one attached hydrogen (secondary N) is 4. The Morgan fingerprint density at radius 2 is 0.521 bits per heavy atom. The minimum atomic E-state index is 1.09. The van der Waals surface area contributed by atoms with Crippen LogP contribution >= 0.6 is 56.7 Å². The monoisotopic (exact) mass is 1610 g/mol. The quantitative estimate of drug-likeness (QED) is 0.0985. The van der Waals surface area contributed by atoms with Crippen molar-refractivity contribution >= 4 is 225 Å². The van der Waals surface area contributed by atoms with E-state index in [-0.39, 0.29) is 0 Å². The number of benzene rings is 19. The van der Waals surface area contributed by atoms with Crippen molar-refractivity contribution in [2.45, 2.75) is 0 Å². The summed E-state index contributed by atoms with van der Waals surface area (Å²) in [6, 6.07) is 152. The maximum atomic E-state index is 3.75. The molecule has 0 aliphatic carbocycles. The Bertz CT molecular complexity index is 7700. The maximum absolute atomic E-state index is 3.75. The van der Waals surface area contributed by atoms with E-state index in [9.17, 15) is 0 Å². The van der Waals surface area contributed by atoms with Gasteiger partial charge < -0.3 is 21.3 Å². The molecule has 0 atom stereocenters. The third-order valence-electron chi connectivity index (χ3n) is 22.2. The molecule has 119 heavy (non-hydrogen) atoms. The number of hydrogen-bond donors (Lipinski definition) is 4. The van der Waals surface area contributed by atoms with E-state index in [1.807, 2.05) is 56.7 Å². The first-order valence-corrected chi connectivity index (χ1v) is 44.1. The summed E-state index contributed by atoms with van der Waals surface area (Å²) in [5.74, 6) is 0. The van der Waals surface area contributed by atoms with Crippen LogP contribution in [0.25, 0.3) is 167 Å². The van der Waals surface area contributed by atoms with Crippen molar-refractivity contribution < 1.29 is 0 Å². The number of rotatable bonds is 12. The molecule has 4 nitrogen and oxygen atoms in total. The highest BCUT2D eigenvalue weighted by atomic mass is 32.1. The molecule has 0 bridgehead atoms. The van der Waals surface area contributed by atoms with Crippen molar-refractivity contribution in [1.29, 1.82) is 0 Å². The molecule has 24 rings (SSSR count). The topological polar surface area (TPSA) is 48.1 Å². The van der Waals surface area contributed by atoms with Gasteiger partial charge in [-0.15, -0.1) is 56.7 Å². The summed E-state index contributed by atoms with van der Waals surface area (Å²) in [6.45, 7) is 0. The van der Waals surface area contributed by atoms with E-state index in [1.54, 1.807) is 0 Å². The van der Waals surface area contributed by atoms with E-state index in [0.29, 0.717) is 0 Å². The standard InChI is InChI=1S/C30H21NS.2C28H19NS.C24H15NS2/c1-3-10-21(11-4-1)23-18-24(22-12-5-2-6-13-22)20-25(19-23)31-27-15-9-17-29-30(27)26-14-7-8-16-28(26)32-29;1-2-8-23-19(6-1)7-5-10-24(23)20-12-14-21(15-13-20)29-22-16-17-28-26(18-22)25-9-3-4-11-27(25)30-28;1-2-6-19(7-3-1)20-10-11-22-17-23(13-12-21(22)16-20)29-24-14-15-28-26(18-24)25-8-4-5-9-27(25)30-28;1-3-13-21-15(7-1)17-9-5-11-19(23(17)26-21)25-20-12-6-10-18-16-8-2-4-14-22(16)27-24(18)20/h1-20,31H;2*1-18,29H;1-14,25H. The second-order valence-corrected chi connectivity index (χ2v) is 35.1. The Morgan fingerprint density at radius 1 is 0.151 bits per heavy atom. The van der Waals surface area contributed by atoms with Crippen LogP contribution in [0.1, 0.15) is 0 Å². The molecule has 0 saturated carbocycles. The van der Waals surface area contributed by atoms with Crippen molar-refractivity contribution in [2.75, 3.05) is 21.3 Å². The van der Waals surface area contributed by atoms with Gasteiger partial charge in [0.15, 0.2) is 0 Å². The fourth-order valence-electron chi connectivity index (χ4n) is 16.4. The van der Waals surface area contributed by atoms with Gasteiger partial charge in [0, 0.05) is 126 Å². The van der Waals surface area contributed by atoms with Crippen LogP contribution in [0.2, 0.25) is 0 Å². The normalized spacial score (nSPS) is 11.4. The van der Waals surface area contributed by atoms with Gasteiger partial charge in [0.25, 0.3) is 0 Å². The molecule has 564 valence electrons. The maximum Gasteiger partial charge on any atom is 0.0590 e. The minimum Gasteiger partial charge on any atom is -0.356 e. The van der Waals surface area contributed by atoms with Crippen LogP contribution < -0.4 is 21.3 Å². The van der Waals surface area contributed by atoms with Gasteiger partial charge in [-0.3, -0.25) is 0 Å². The smallest absolute Gasteiger partial charge is 0.0590 e. The lowest BCUT2D eigenvalue weighted by Crippen LogP contribution is -1.93. The molecule has 0 radical (unpaired) electrons. The van der Waals surface area contributed by atoms with Crippen molar-refractivity contribution in [1.82, 2.24) is 0 Å². The second kappa shape index (κ2) is 32.2. The molecular formula is C110H74N4S5. The van der Waals surface area contributed by atoms with E-state index in [1.165, 1.54) is 178 Å². The molecule has 0 aliphatic rings. The highest BCUT2D eigenvalue weighted by Crippen LogP contribution is 2.46. The van der Waals surface area contributed by atoms with Crippen molar-refractivity contribution in [3.8, 4) is 44.5 Å². The summed E-state index contributed by atoms with van der Waals surface area (Å²) in [5, 5.41) is 32.9. The van der Waals surface area contributed by atoms with Crippen molar-refractivity contribution in [2.24, 2.45) is 0 Å². The molecule has 4 N–H and O–H groups in total. The van der Waals surface area contributed by atoms with Gasteiger partial charge in [-0.25, -0.2) is 0 Å². The van der Waals surface area contributed by atoms with Crippen LogP contribution in [-0.4, -0.2) is 0 Å². The zero-order valence-electron chi connectivity index (χ0n) is 64.5. The number of fused-ring (bicyclic) bond motifs is 17. The first-order chi connectivity index (χ1) is 58.9. The molecule has 0 spiro atoms. The highest BCUT2D eigenvalue weighted by molar-refractivity contribution is 7.28. The summed E-state index contributed by atoms with van der Waals surface area (Å²) in [6.07, 6.45) is 0. The molecule has 0 amide bonds. The lowest BCUT2D eigenvalue weighted by molar-refractivity contribution is 1.55. The van der Waals surface area contributed by atoms with E-state index < -0.39 is 0 Å². The molecular weight excluding hydrogens is 1540 g/mol. The Hall–Kier alpha value is -14.0. The van der Waals surface area contributed by atoms with Gasteiger partial charge in [-0.1, -0.05) is 285 Å². The first kappa shape index (κ1) is 72.7. The average molecular weight is 1610 g/mol. The van der Waals surface area contributed by atoms with Crippen LogP contribution in [0, 0.1) is 0 Å². The summed E-state index contributed by atoms with van der Waals surface area (Å²) in [5.41, 5.74) is 18.9. The summed E-state index contributed by atoms with van der Waals surface area (Å²) < 4.78 is 13.3. The molecule has 5 heterocycles. The zero-order valence-corrected chi connectivity index (χ0v) is 68.5. The van der Waals surface area contributed by atoms with Crippen LogP contribution in [0.4, 0.5) is 45.5 Å². The zero-order chi connectivity index (χ0) is 79.0. The lowest BCUT2D eigenvalue weighted by Gasteiger charge is -2.14. The average Bonchev–Trinajstić information content (AvgIpc) is 1.62. The fourth-order valence-corrected chi connectivity index (χ4v) is 22.1. The van der Waals surface area contributed by atoms with Gasteiger partial charge in [0.2, 0.25) is 0 Å². The molecule has 0 fully saturated rings. The lowest BCUT2D eigenvalue weighted by atomic mass is 9.98. The van der Waals surface area contributed by atoms with E-state index in [0.717, 1.165) is 34.1 Å². The highest BCUT2D eigenvalue weighted by Gasteiger charge is 2.17. The predicted octanol–water partition coefficient (Wildman–Crippen LogP) is 34.5. The molecule has 0 saturated heterocycles. The fraction of sp³-hybridized carbons (Fsp3) is 0. The Kier molecular flexibility index (Phi) is 19.7. The second-order valence-electron chi connectivity index (χ2n) is 29.7. The van der Waals surface area contributed by atoms with E-state index >= 15 is 0 Å². The van der Waals surface area contributed by atoms with Gasteiger partial charge in [-0.05, 0) is 206 Å². The molecule has 9 heteroatoms. The van der Waals surface area contributed by atoms with E-state index in [4.69, 9.17) is 0 Å². The Morgan fingerprint density at radius 3 is 1.09 bits per heavy atom. The van der Waals surface area contributed by atoms with Crippen LogP contribution in [0.15, 0.2) is 425 Å².